The topological polar surface area (TPSA) is 29.5 Å². The van der Waals surface area contributed by atoms with E-state index >= 15 is 0 Å². The SMILES string of the molecule is CC.CCC(CC(C)(C)C)c1ccc(OCC2CCCCC2)cc1.OCc1ccccc1. The first-order chi connectivity index (χ1) is 15.4. The molecule has 0 spiro atoms. The van der Waals surface area contributed by atoms with Crippen molar-refractivity contribution in [3.05, 3.63) is 65.7 Å². The zero-order chi connectivity index (χ0) is 23.8. The molecule has 1 fully saturated rings. The normalized spacial score (nSPS) is 15.0. The van der Waals surface area contributed by atoms with Crippen molar-refractivity contribution >= 4 is 0 Å². The van der Waals surface area contributed by atoms with Crippen molar-refractivity contribution in [1.29, 1.82) is 0 Å². The van der Waals surface area contributed by atoms with Gasteiger partial charge in [0.15, 0.2) is 0 Å². The van der Waals surface area contributed by atoms with Gasteiger partial charge in [-0.15, -0.1) is 0 Å². The Hall–Kier alpha value is -1.80. The number of aliphatic hydroxyl groups excluding tert-OH is 1. The van der Waals surface area contributed by atoms with Crippen molar-refractivity contribution in [3.63, 3.8) is 0 Å². The van der Waals surface area contributed by atoms with Crippen LogP contribution in [0.15, 0.2) is 54.6 Å². The molecule has 0 amide bonds. The fraction of sp³-hybridized carbons (Fsp3) is 0.600. The molecule has 1 aliphatic rings. The summed E-state index contributed by atoms with van der Waals surface area (Å²) in [5.41, 5.74) is 2.81. The molecule has 32 heavy (non-hydrogen) atoms. The second kappa shape index (κ2) is 15.9. The Balaban J connectivity index is 0.000000427. The third-order valence-corrected chi connectivity index (χ3v) is 5.94. The monoisotopic (exact) mass is 440 g/mol. The number of ether oxygens (including phenoxy) is 1. The smallest absolute Gasteiger partial charge is 0.119 e. The summed E-state index contributed by atoms with van der Waals surface area (Å²) in [5.74, 6) is 2.48. The summed E-state index contributed by atoms with van der Waals surface area (Å²) in [5, 5.41) is 8.54. The molecule has 0 radical (unpaired) electrons. The van der Waals surface area contributed by atoms with Gasteiger partial charge in [-0.2, -0.15) is 0 Å². The molecule has 1 atom stereocenters. The summed E-state index contributed by atoms with van der Waals surface area (Å²) in [6.07, 6.45) is 9.34. The molecule has 0 aliphatic heterocycles. The standard InChI is InChI=1S/C21H34O.C7H8O.C2H6/c1-5-18(15-21(2,3)4)19-11-13-20(14-12-19)22-16-17-9-7-6-8-10-17;8-6-7-4-2-1-3-5-7;1-2/h11-14,17-18H,5-10,15-16H2,1-4H3;1-5,8H,6H2;1-2H3. The van der Waals surface area contributed by atoms with Crippen molar-refractivity contribution in [2.45, 2.75) is 99.0 Å². The van der Waals surface area contributed by atoms with Crippen LogP contribution in [-0.2, 0) is 6.61 Å². The van der Waals surface area contributed by atoms with Crippen LogP contribution in [0.25, 0.3) is 0 Å². The van der Waals surface area contributed by atoms with Crippen LogP contribution in [-0.4, -0.2) is 11.7 Å². The van der Waals surface area contributed by atoms with Gasteiger partial charge in [-0.05, 0) is 66.2 Å². The Morgan fingerprint density at radius 3 is 1.97 bits per heavy atom. The van der Waals surface area contributed by atoms with Crippen LogP contribution in [0.5, 0.6) is 5.75 Å². The first kappa shape index (κ1) is 28.2. The van der Waals surface area contributed by atoms with Crippen LogP contribution in [0.3, 0.4) is 0 Å². The Bertz CT molecular complexity index is 679. The lowest BCUT2D eigenvalue weighted by atomic mass is 9.80. The molecule has 180 valence electrons. The quantitative estimate of drug-likeness (QED) is 0.466. The van der Waals surface area contributed by atoms with E-state index in [1.165, 1.54) is 50.5 Å². The molecule has 0 heterocycles. The summed E-state index contributed by atoms with van der Waals surface area (Å²) in [7, 11) is 0. The maximum absolute atomic E-state index is 8.54. The lowest BCUT2D eigenvalue weighted by Gasteiger charge is -2.26. The Labute approximate surface area is 198 Å². The highest BCUT2D eigenvalue weighted by Gasteiger charge is 2.19. The van der Waals surface area contributed by atoms with Gasteiger partial charge in [0, 0.05) is 0 Å². The fourth-order valence-corrected chi connectivity index (χ4v) is 4.22. The molecular formula is C30H48O2. The third kappa shape index (κ3) is 11.7. The second-order valence-electron chi connectivity index (χ2n) is 9.90. The van der Waals surface area contributed by atoms with Crippen molar-refractivity contribution < 1.29 is 9.84 Å². The molecule has 1 saturated carbocycles. The van der Waals surface area contributed by atoms with E-state index in [1.54, 1.807) is 0 Å². The molecule has 1 N–H and O–H groups in total. The van der Waals surface area contributed by atoms with Gasteiger partial charge in [0.2, 0.25) is 0 Å². The highest BCUT2D eigenvalue weighted by molar-refractivity contribution is 5.29. The molecule has 2 aromatic rings. The fourth-order valence-electron chi connectivity index (χ4n) is 4.22. The van der Waals surface area contributed by atoms with Crippen LogP contribution < -0.4 is 4.74 Å². The minimum absolute atomic E-state index is 0.140. The summed E-state index contributed by atoms with van der Waals surface area (Å²) in [6.45, 7) is 14.3. The largest absolute Gasteiger partial charge is 0.493 e. The van der Waals surface area contributed by atoms with Gasteiger partial charge in [0.25, 0.3) is 0 Å². The molecule has 0 bridgehead atoms. The number of benzene rings is 2. The summed E-state index contributed by atoms with van der Waals surface area (Å²) in [6, 6.07) is 18.4. The van der Waals surface area contributed by atoms with Crippen LogP contribution >= 0.6 is 0 Å². The molecule has 0 aromatic heterocycles. The van der Waals surface area contributed by atoms with Crippen molar-refractivity contribution in [2.24, 2.45) is 11.3 Å². The highest BCUT2D eigenvalue weighted by atomic mass is 16.5. The number of aliphatic hydroxyl groups is 1. The van der Waals surface area contributed by atoms with E-state index in [4.69, 9.17) is 9.84 Å². The van der Waals surface area contributed by atoms with E-state index in [9.17, 15) is 0 Å². The summed E-state index contributed by atoms with van der Waals surface area (Å²) < 4.78 is 6.01. The molecule has 2 heteroatoms. The van der Waals surface area contributed by atoms with E-state index < -0.39 is 0 Å². The lowest BCUT2D eigenvalue weighted by Crippen LogP contribution is -2.15. The summed E-state index contributed by atoms with van der Waals surface area (Å²) in [4.78, 5) is 0. The van der Waals surface area contributed by atoms with Crippen molar-refractivity contribution in [2.75, 3.05) is 6.61 Å². The molecule has 1 aliphatic carbocycles. The van der Waals surface area contributed by atoms with Gasteiger partial charge in [-0.25, -0.2) is 0 Å². The molecular weight excluding hydrogens is 392 g/mol. The van der Waals surface area contributed by atoms with Gasteiger partial charge in [-0.1, -0.05) is 103 Å². The van der Waals surface area contributed by atoms with E-state index in [0.717, 1.165) is 23.8 Å². The van der Waals surface area contributed by atoms with Gasteiger partial charge < -0.3 is 9.84 Å². The zero-order valence-electron chi connectivity index (χ0n) is 21.6. The molecule has 3 rings (SSSR count). The first-order valence-electron chi connectivity index (χ1n) is 12.8. The van der Waals surface area contributed by atoms with E-state index in [2.05, 4.69) is 52.0 Å². The maximum Gasteiger partial charge on any atom is 0.119 e. The summed E-state index contributed by atoms with van der Waals surface area (Å²) >= 11 is 0. The van der Waals surface area contributed by atoms with E-state index in [-0.39, 0.29) is 6.61 Å². The molecule has 1 unspecified atom stereocenters. The molecule has 0 saturated heterocycles. The van der Waals surface area contributed by atoms with Crippen molar-refractivity contribution in [1.82, 2.24) is 0 Å². The predicted octanol–water partition coefficient (Wildman–Crippen LogP) is 8.78. The Morgan fingerprint density at radius 1 is 0.906 bits per heavy atom. The zero-order valence-corrected chi connectivity index (χ0v) is 21.6. The number of rotatable bonds is 7. The van der Waals surface area contributed by atoms with Crippen LogP contribution in [0.4, 0.5) is 0 Å². The Kier molecular flexibility index (Phi) is 14.0. The first-order valence-corrected chi connectivity index (χ1v) is 12.8. The average Bonchev–Trinajstić information content (AvgIpc) is 2.84. The second-order valence-corrected chi connectivity index (χ2v) is 9.90. The number of hydrogen-bond acceptors (Lipinski definition) is 2. The predicted molar refractivity (Wildman–Crippen MR) is 139 cm³/mol. The van der Waals surface area contributed by atoms with Gasteiger partial charge in [0.05, 0.1) is 13.2 Å². The average molecular weight is 441 g/mol. The van der Waals surface area contributed by atoms with Crippen LogP contribution in [0.1, 0.15) is 104 Å². The lowest BCUT2D eigenvalue weighted by molar-refractivity contribution is 0.209. The maximum atomic E-state index is 8.54. The highest BCUT2D eigenvalue weighted by Crippen LogP contribution is 2.34. The van der Waals surface area contributed by atoms with E-state index in [0.29, 0.717) is 11.3 Å². The minimum Gasteiger partial charge on any atom is -0.493 e. The van der Waals surface area contributed by atoms with Crippen LogP contribution in [0, 0.1) is 11.3 Å². The minimum atomic E-state index is 0.140. The van der Waals surface area contributed by atoms with E-state index in [1.807, 2.05) is 44.2 Å². The van der Waals surface area contributed by atoms with Gasteiger partial charge >= 0.3 is 0 Å². The molecule has 2 aromatic carbocycles. The van der Waals surface area contributed by atoms with Crippen molar-refractivity contribution in [3.8, 4) is 5.75 Å². The van der Waals surface area contributed by atoms with Crippen LogP contribution in [0.2, 0.25) is 0 Å². The third-order valence-electron chi connectivity index (χ3n) is 5.94. The molecule has 2 nitrogen and oxygen atoms in total. The van der Waals surface area contributed by atoms with Gasteiger partial charge in [0.1, 0.15) is 5.75 Å². The van der Waals surface area contributed by atoms with Gasteiger partial charge in [-0.3, -0.25) is 0 Å². The Morgan fingerprint density at radius 2 is 1.50 bits per heavy atom. The number of hydrogen-bond donors (Lipinski definition) is 1.